The molecule has 1 aromatic rings. The Balaban J connectivity index is 2.00. The van der Waals surface area contributed by atoms with Crippen molar-refractivity contribution in [1.82, 2.24) is 0 Å². The minimum Gasteiger partial charge on any atom is -0.486 e. The predicted octanol–water partition coefficient (Wildman–Crippen LogP) is 1.63. The molecule has 4 heteroatoms. The number of hydrogen-bond donors (Lipinski definition) is 1. The van der Waals surface area contributed by atoms with Crippen molar-refractivity contribution in [2.75, 3.05) is 13.2 Å². The van der Waals surface area contributed by atoms with Gasteiger partial charge < -0.3 is 15.2 Å². The molecule has 1 fully saturated rings. The first kappa shape index (κ1) is 9.90. The van der Waals surface area contributed by atoms with Gasteiger partial charge in [-0.1, -0.05) is 0 Å². The van der Waals surface area contributed by atoms with Crippen LogP contribution in [0.1, 0.15) is 18.4 Å². The summed E-state index contributed by atoms with van der Waals surface area (Å²) in [7, 11) is 0. The average molecular weight is 223 g/mol. The van der Waals surface area contributed by atoms with Gasteiger partial charge in [0.15, 0.2) is 11.5 Å². The Kier molecular flexibility index (Phi) is 2.07. The van der Waals surface area contributed by atoms with Gasteiger partial charge in [0.25, 0.3) is 0 Å². The second-order valence-corrected chi connectivity index (χ2v) is 4.59. The summed E-state index contributed by atoms with van der Waals surface area (Å²) in [6.45, 7) is 0.993. The second kappa shape index (κ2) is 3.35. The van der Waals surface area contributed by atoms with Crippen molar-refractivity contribution < 1.29 is 13.9 Å². The topological polar surface area (TPSA) is 44.5 Å². The van der Waals surface area contributed by atoms with Gasteiger partial charge in [-0.2, -0.15) is 0 Å². The van der Waals surface area contributed by atoms with Gasteiger partial charge in [0.05, 0.1) is 0 Å². The van der Waals surface area contributed by atoms with E-state index < -0.39 is 0 Å². The molecule has 0 atom stereocenters. The van der Waals surface area contributed by atoms with Gasteiger partial charge in [0.2, 0.25) is 0 Å². The molecule has 0 amide bonds. The molecule has 0 radical (unpaired) electrons. The summed E-state index contributed by atoms with van der Waals surface area (Å²) in [5, 5.41) is 0. The first-order valence-electron chi connectivity index (χ1n) is 5.54. The highest BCUT2D eigenvalue weighted by Crippen LogP contribution is 2.42. The molecule has 3 rings (SSSR count). The molecule has 0 spiro atoms. The van der Waals surface area contributed by atoms with E-state index in [0.717, 1.165) is 12.8 Å². The Morgan fingerprint density at radius 3 is 2.75 bits per heavy atom. The van der Waals surface area contributed by atoms with Crippen LogP contribution in [0, 0.1) is 5.82 Å². The Bertz CT molecular complexity index is 429. The molecule has 1 saturated carbocycles. The number of benzene rings is 1. The third-order valence-electron chi connectivity index (χ3n) is 3.18. The van der Waals surface area contributed by atoms with Crippen LogP contribution in [0.5, 0.6) is 11.5 Å². The first-order chi connectivity index (χ1) is 7.68. The van der Waals surface area contributed by atoms with E-state index in [2.05, 4.69) is 0 Å². The first-order valence-corrected chi connectivity index (χ1v) is 5.54. The van der Waals surface area contributed by atoms with Gasteiger partial charge in [-0.25, -0.2) is 4.39 Å². The van der Waals surface area contributed by atoms with E-state index >= 15 is 0 Å². The smallest absolute Gasteiger partial charge is 0.167 e. The maximum absolute atomic E-state index is 13.7. The molecule has 2 aliphatic rings. The van der Waals surface area contributed by atoms with Crippen molar-refractivity contribution in [2.24, 2.45) is 5.73 Å². The Morgan fingerprint density at radius 2 is 2.00 bits per heavy atom. The zero-order valence-corrected chi connectivity index (χ0v) is 8.96. The number of fused-ring (bicyclic) bond motifs is 1. The SMILES string of the molecule is NC1(Cc2c(F)ccc3c2OCCO3)CC1. The molecule has 16 heavy (non-hydrogen) atoms. The van der Waals surface area contributed by atoms with Crippen LogP contribution in [0.25, 0.3) is 0 Å². The fourth-order valence-electron chi connectivity index (χ4n) is 2.00. The minimum atomic E-state index is -0.249. The molecule has 86 valence electrons. The summed E-state index contributed by atoms with van der Waals surface area (Å²) in [5.74, 6) is 0.927. The maximum Gasteiger partial charge on any atom is 0.167 e. The van der Waals surface area contributed by atoms with Crippen LogP contribution in [0.15, 0.2) is 12.1 Å². The lowest BCUT2D eigenvalue weighted by Crippen LogP contribution is -2.26. The van der Waals surface area contributed by atoms with E-state index in [1.165, 1.54) is 6.07 Å². The van der Waals surface area contributed by atoms with Gasteiger partial charge in [0.1, 0.15) is 19.0 Å². The van der Waals surface area contributed by atoms with Crippen molar-refractivity contribution in [1.29, 1.82) is 0 Å². The molecule has 2 N–H and O–H groups in total. The maximum atomic E-state index is 13.7. The van der Waals surface area contributed by atoms with Crippen molar-refractivity contribution >= 4 is 0 Å². The van der Waals surface area contributed by atoms with E-state index in [0.29, 0.717) is 36.7 Å². The summed E-state index contributed by atoms with van der Waals surface area (Å²) < 4.78 is 24.7. The van der Waals surface area contributed by atoms with Crippen LogP contribution in [0.4, 0.5) is 4.39 Å². The lowest BCUT2D eigenvalue weighted by Gasteiger charge is -2.22. The Labute approximate surface area is 93.3 Å². The largest absolute Gasteiger partial charge is 0.486 e. The lowest BCUT2D eigenvalue weighted by molar-refractivity contribution is 0.168. The monoisotopic (exact) mass is 223 g/mol. The molecule has 1 aliphatic heterocycles. The summed E-state index contributed by atoms with van der Waals surface area (Å²) >= 11 is 0. The van der Waals surface area contributed by atoms with Crippen molar-refractivity contribution in [3.63, 3.8) is 0 Å². The Morgan fingerprint density at radius 1 is 1.25 bits per heavy atom. The predicted molar refractivity (Wildman–Crippen MR) is 57.2 cm³/mol. The van der Waals surface area contributed by atoms with Crippen LogP contribution >= 0.6 is 0 Å². The number of ether oxygens (including phenoxy) is 2. The van der Waals surface area contributed by atoms with Crippen molar-refractivity contribution in [2.45, 2.75) is 24.8 Å². The molecular formula is C12H14FNO2. The average Bonchev–Trinajstić information content (AvgIpc) is 3.01. The third-order valence-corrected chi connectivity index (χ3v) is 3.18. The van der Waals surface area contributed by atoms with Gasteiger partial charge in [-0.05, 0) is 31.4 Å². The van der Waals surface area contributed by atoms with E-state index in [-0.39, 0.29) is 11.4 Å². The van der Waals surface area contributed by atoms with Crippen molar-refractivity contribution in [3.05, 3.63) is 23.5 Å². The Hall–Kier alpha value is -1.29. The second-order valence-electron chi connectivity index (χ2n) is 4.59. The zero-order chi connectivity index (χ0) is 11.2. The quantitative estimate of drug-likeness (QED) is 0.828. The van der Waals surface area contributed by atoms with Crippen LogP contribution < -0.4 is 15.2 Å². The fraction of sp³-hybridized carbons (Fsp3) is 0.500. The summed E-state index contributed by atoms with van der Waals surface area (Å²) in [6, 6.07) is 3.04. The van der Waals surface area contributed by atoms with Crippen molar-refractivity contribution in [3.8, 4) is 11.5 Å². The molecule has 1 aliphatic carbocycles. The van der Waals surface area contributed by atoms with Crippen LogP contribution in [0.2, 0.25) is 0 Å². The van der Waals surface area contributed by atoms with Gasteiger partial charge in [-0.15, -0.1) is 0 Å². The highest BCUT2D eigenvalue weighted by atomic mass is 19.1. The van der Waals surface area contributed by atoms with E-state index in [9.17, 15) is 4.39 Å². The van der Waals surface area contributed by atoms with Gasteiger partial charge in [0, 0.05) is 11.1 Å². The van der Waals surface area contributed by atoms with Gasteiger partial charge >= 0.3 is 0 Å². The summed E-state index contributed by atoms with van der Waals surface area (Å²) in [4.78, 5) is 0. The molecule has 0 unspecified atom stereocenters. The molecule has 1 heterocycles. The molecular weight excluding hydrogens is 209 g/mol. The van der Waals surface area contributed by atoms with Crippen LogP contribution in [-0.2, 0) is 6.42 Å². The number of nitrogens with two attached hydrogens (primary N) is 1. The number of hydrogen-bond acceptors (Lipinski definition) is 3. The summed E-state index contributed by atoms with van der Waals surface area (Å²) in [6.07, 6.45) is 2.44. The fourth-order valence-corrected chi connectivity index (χ4v) is 2.00. The zero-order valence-electron chi connectivity index (χ0n) is 8.96. The van der Waals surface area contributed by atoms with E-state index in [1.807, 2.05) is 0 Å². The third kappa shape index (κ3) is 1.63. The molecule has 0 bridgehead atoms. The standard InChI is InChI=1S/C12H14FNO2/c13-9-1-2-10-11(16-6-5-15-10)8(9)7-12(14)3-4-12/h1-2H,3-7,14H2. The highest BCUT2D eigenvalue weighted by molar-refractivity contribution is 5.49. The number of halogens is 1. The van der Waals surface area contributed by atoms with Crippen LogP contribution in [0.3, 0.4) is 0 Å². The van der Waals surface area contributed by atoms with Crippen LogP contribution in [-0.4, -0.2) is 18.8 Å². The summed E-state index contributed by atoms with van der Waals surface area (Å²) in [5.41, 5.74) is 6.36. The van der Waals surface area contributed by atoms with E-state index in [4.69, 9.17) is 15.2 Å². The molecule has 1 aromatic carbocycles. The molecule has 0 saturated heterocycles. The molecule has 0 aromatic heterocycles. The molecule has 3 nitrogen and oxygen atoms in total. The lowest BCUT2D eigenvalue weighted by atomic mass is 10.0. The minimum absolute atomic E-state index is 0.225. The number of rotatable bonds is 2. The highest BCUT2D eigenvalue weighted by Gasteiger charge is 2.40. The van der Waals surface area contributed by atoms with Gasteiger partial charge in [-0.3, -0.25) is 0 Å². The van der Waals surface area contributed by atoms with E-state index in [1.54, 1.807) is 6.07 Å². The normalized spacial score (nSPS) is 20.6.